The van der Waals surface area contributed by atoms with E-state index in [2.05, 4.69) is 27.3 Å². The van der Waals surface area contributed by atoms with Crippen molar-refractivity contribution in [1.82, 2.24) is 19.7 Å². The highest BCUT2D eigenvalue weighted by Gasteiger charge is 2.27. The van der Waals surface area contributed by atoms with Gasteiger partial charge in [-0.15, -0.1) is 10.2 Å². The van der Waals surface area contributed by atoms with E-state index in [0.29, 0.717) is 16.6 Å². The molecule has 1 aromatic heterocycles. The van der Waals surface area contributed by atoms with Crippen LogP contribution in [0.2, 0.25) is 0 Å². The zero-order valence-electron chi connectivity index (χ0n) is 19.7. The number of carbonyl (C=O) groups excluding carboxylic acids is 1. The highest BCUT2D eigenvalue weighted by Crippen LogP contribution is 2.32. The van der Waals surface area contributed by atoms with Crippen LogP contribution in [0.15, 0.2) is 53.7 Å². The Morgan fingerprint density at radius 1 is 1.06 bits per heavy atom. The first-order valence-electron chi connectivity index (χ1n) is 11.5. The molecule has 7 nitrogen and oxygen atoms in total. The van der Waals surface area contributed by atoms with Gasteiger partial charge in [0.25, 0.3) is 0 Å². The van der Waals surface area contributed by atoms with Crippen LogP contribution in [0.1, 0.15) is 45.0 Å². The number of carbonyl (C=O) groups is 1. The molecule has 0 spiro atoms. The second-order valence-electron chi connectivity index (χ2n) is 8.37. The fraction of sp³-hybridized carbons (Fsp3) is 0.400. The van der Waals surface area contributed by atoms with Gasteiger partial charge in [-0.25, -0.2) is 4.39 Å². The molecule has 0 bridgehead atoms. The van der Waals surface area contributed by atoms with Crippen LogP contribution in [-0.2, 0) is 4.79 Å². The predicted octanol–water partition coefficient (Wildman–Crippen LogP) is 5.08. The van der Waals surface area contributed by atoms with Gasteiger partial charge >= 0.3 is 0 Å². The number of nitrogens with one attached hydrogen (secondary N) is 1. The molecule has 3 aromatic rings. The Morgan fingerprint density at radius 2 is 1.76 bits per heavy atom. The topological polar surface area (TPSA) is 72.3 Å². The Hall–Kier alpha value is -2.91. The lowest BCUT2D eigenvalue weighted by Gasteiger charge is -2.32. The second kappa shape index (κ2) is 11.0. The van der Waals surface area contributed by atoms with Crippen molar-refractivity contribution in [2.24, 2.45) is 0 Å². The summed E-state index contributed by atoms with van der Waals surface area (Å²) in [5.41, 5.74) is 1.38. The molecule has 2 atom stereocenters. The Balaban J connectivity index is 1.60. The highest BCUT2D eigenvalue weighted by molar-refractivity contribution is 8.00. The first-order valence-corrected chi connectivity index (χ1v) is 12.4. The molecular weight excluding hydrogens is 453 g/mol. The van der Waals surface area contributed by atoms with Crippen molar-refractivity contribution < 1.29 is 13.9 Å². The predicted molar refractivity (Wildman–Crippen MR) is 132 cm³/mol. The third-order valence-electron chi connectivity index (χ3n) is 6.07. The summed E-state index contributed by atoms with van der Waals surface area (Å²) < 4.78 is 20.9. The van der Waals surface area contributed by atoms with E-state index in [1.165, 1.54) is 30.3 Å². The van der Waals surface area contributed by atoms with Gasteiger partial charge in [0.1, 0.15) is 11.6 Å². The molecule has 2 unspecified atom stereocenters. The minimum Gasteiger partial charge on any atom is -0.495 e. The Morgan fingerprint density at radius 3 is 2.47 bits per heavy atom. The lowest BCUT2D eigenvalue weighted by molar-refractivity contribution is -0.115. The van der Waals surface area contributed by atoms with E-state index >= 15 is 0 Å². The number of rotatable bonds is 8. The number of methoxy groups -OCH3 is 1. The number of piperidine rings is 1. The molecule has 1 aliphatic heterocycles. The van der Waals surface area contributed by atoms with E-state index in [1.807, 2.05) is 23.6 Å². The number of thioether (sulfide) groups is 1. The maximum atomic E-state index is 13.6. The number of hydrogen-bond acceptors (Lipinski definition) is 6. The third-order valence-corrected chi connectivity index (χ3v) is 7.11. The number of nitrogens with zero attached hydrogens (tertiary/aromatic N) is 4. The van der Waals surface area contributed by atoms with E-state index in [1.54, 1.807) is 31.4 Å². The number of aromatic nitrogens is 3. The number of para-hydroxylation sites is 2. The summed E-state index contributed by atoms with van der Waals surface area (Å²) in [5, 5.41) is 12.0. The molecule has 0 radical (unpaired) electrons. The summed E-state index contributed by atoms with van der Waals surface area (Å²) in [6.45, 7) is 5.98. The van der Waals surface area contributed by atoms with E-state index < -0.39 is 5.25 Å². The fourth-order valence-electron chi connectivity index (χ4n) is 4.12. The van der Waals surface area contributed by atoms with Crippen molar-refractivity contribution in [3.05, 3.63) is 60.2 Å². The van der Waals surface area contributed by atoms with Gasteiger partial charge in [-0.3, -0.25) is 14.3 Å². The van der Waals surface area contributed by atoms with Crippen molar-refractivity contribution in [2.75, 3.05) is 25.5 Å². The number of halogens is 1. The van der Waals surface area contributed by atoms with Crippen molar-refractivity contribution >= 4 is 23.4 Å². The molecule has 34 heavy (non-hydrogen) atoms. The summed E-state index contributed by atoms with van der Waals surface area (Å²) in [5.74, 6) is 0.906. The fourth-order valence-corrected chi connectivity index (χ4v) is 5.00. The lowest BCUT2D eigenvalue weighted by Crippen LogP contribution is -2.33. The molecular formula is C25H30FN5O2S. The smallest absolute Gasteiger partial charge is 0.237 e. The largest absolute Gasteiger partial charge is 0.495 e. The number of hydrogen-bond donors (Lipinski definition) is 1. The van der Waals surface area contributed by atoms with Crippen LogP contribution in [0.3, 0.4) is 0 Å². The zero-order valence-corrected chi connectivity index (χ0v) is 20.5. The zero-order chi connectivity index (χ0) is 24.1. The molecule has 1 saturated heterocycles. The minimum absolute atomic E-state index is 0.0462. The Kier molecular flexibility index (Phi) is 7.84. The van der Waals surface area contributed by atoms with Gasteiger partial charge in [-0.05, 0) is 76.2 Å². The monoisotopic (exact) mass is 483 g/mol. The van der Waals surface area contributed by atoms with E-state index in [4.69, 9.17) is 4.74 Å². The number of anilines is 1. The van der Waals surface area contributed by atoms with Crippen LogP contribution in [0, 0.1) is 5.82 Å². The highest BCUT2D eigenvalue weighted by atomic mass is 32.2. The average Bonchev–Trinajstić information content (AvgIpc) is 3.28. The molecule has 2 aromatic carbocycles. The molecule has 1 amide bonds. The number of likely N-dealkylation sites (tertiary alicyclic amines) is 1. The Labute approximate surface area is 203 Å². The number of benzene rings is 2. The van der Waals surface area contributed by atoms with Gasteiger partial charge in [0.15, 0.2) is 11.0 Å². The molecule has 9 heteroatoms. The van der Waals surface area contributed by atoms with Crippen molar-refractivity contribution in [2.45, 2.75) is 49.6 Å². The Bertz CT molecular complexity index is 1110. The molecule has 1 N–H and O–H groups in total. The molecule has 0 aliphatic carbocycles. The normalized spacial score (nSPS) is 16.1. The van der Waals surface area contributed by atoms with Crippen LogP contribution >= 0.6 is 11.8 Å². The standard InChI is InChI=1S/C25H30FN5O2S/c1-17(30-15-7-4-8-16-30)23-28-29-25(31(23)20-13-11-19(26)12-14-20)34-18(2)24(32)27-21-9-5-6-10-22(21)33-3/h5-6,9-14,17-18H,4,7-8,15-16H2,1-3H3,(H,27,32). The van der Waals surface area contributed by atoms with Crippen LogP contribution in [0.25, 0.3) is 5.69 Å². The summed E-state index contributed by atoms with van der Waals surface area (Å²) in [4.78, 5) is 15.4. The van der Waals surface area contributed by atoms with E-state index in [-0.39, 0.29) is 17.8 Å². The lowest BCUT2D eigenvalue weighted by atomic mass is 10.1. The SMILES string of the molecule is COc1ccccc1NC(=O)C(C)Sc1nnc(C(C)N2CCCCC2)n1-c1ccc(F)cc1. The summed E-state index contributed by atoms with van der Waals surface area (Å²) in [6.07, 6.45) is 3.57. The van der Waals surface area contributed by atoms with Gasteiger partial charge in [0, 0.05) is 5.69 Å². The average molecular weight is 484 g/mol. The maximum Gasteiger partial charge on any atom is 0.237 e. The second-order valence-corrected chi connectivity index (χ2v) is 9.68. The van der Waals surface area contributed by atoms with Crippen molar-refractivity contribution in [3.63, 3.8) is 0 Å². The minimum atomic E-state index is -0.452. The van der Waals surface area contributed by atoms with Gasteiger partial charge < -0.3 is 10.1 Å². The molecule has 4 rings (SSSR count). The first kappa shape index (κ1) is 24.2. The van der Waals surface area contributed by atoms with Crippen molar-refractivity contribution in [3.8, 4) is 11.4 Å². The van der Waals surface area contributed by atoms with E-state index in [9.17, 15) is 9.18 Å². The molecule has 2 heterocycles. The molecule has 0 saturated carbocycles. The molecule has 1 fully saturated rings. The summed E-state index contributed by atoms with van der Waals surface area (Å²) >= 11 is 1.32. The van der Waals surface area contributed by atoms with Crippen LogP contribution in [0.5, 0.6) is 5.75 Å². The van der Waals surface area contributed by atoms with Gasteiger partial charge in [-0.1, -0.05) is 30.3 Å². The quantitative estimate of drug-likeness (QED) is 0.451. The van der Waals surface area contributed by atoms with Gasteiger partial charge in [0.2, 0.25) is 5.91 Å². The van der Waals surface area contributed by atoms with Crippen LogP contribution in [-0.4, -0.2) is 51.0 Å². The summed E-state index contributed by atoms with van der Waals surface area (Å²) in [7, 11) is 1.57. The number of ether oxygens (including phenoxy) is 1. The van der Waals surface area contributed by atoms with Crippen molar-refractivity contribution in [1.29, 1.82) is 0 Å². The molecule has 180 valence electrons. The van der Waals surface area contributed by atoms with Crippen LogP contribution < -0.4 is 10.1 Å². The van der Waals surface area contributed by atoms with E-state index in [0.717, 1.165) is 37.4 Å². The van der Waals surface area contributed by atoms with Gasteiger partial charge in [-0.2, -0.15) is 0 Å². The third kappa shape index (κ3) is 5.42. The van der Waals surface area contributed by atoms with Gasteiger partial charge in [0.05, 0.1) is 24.1 Å². The number of amides is 1. The van der Waals surface area contributed by atoms with Crippen LogP contribution in [0.4, 0.5) is 10.1 Å². The molecule has 1 aliphatic rings. The summed E-state index contributed by atoms with van der Waals surface area (Å²) in [6, 6.07) is 13.6. The maximum absolute atomic E-state index is 13.6. The first-order chi connectivity index (χ1) is 16.5.